The van der Waals surface area contributed by atoms with E-state index >= 15 is 0 Å². The first-order valence-electron chi connectivity index (χ1n) is 11.1. The van der Waals surface area contributed by atoms with Gasteiger partial charge in [-0.3, -0.25) is 9.36 Å². The molecule has 2 aromatic heterocycles. The fourth-order valence-corrected chi connectivity index (χ4v) is 4.70. The Bertz CT molecular complexity index is 1500. The topological polar surface area (TPSA) is 88.3 Å². The Morgan fingerprint density at radius 1 is 0.914 bits per heavy atom. The van der Waals surface area contributed by atoms with Gasteiger partial charge in [-0.2, -0.15) is 4.98 Å². The molecular weight excluding hydrogens is 489 g/mol. The molecule has 0 bridgehead atoms. The molecule has 1 aliphatic heterocycles. The maximum Gasteiger partial charge on any atom is 0.337 e. The zero-order valence-corrected chi connectivity index (χ0v) is 20.7. The Balaban J connectivity index is 1.47. The van der Waals surface area contributed by atoms with Crippen LogP contribution in [0.3, 0.4) is 0 Å². The van der Waals surface area contributed by atoms with E-state index in [0.29, 0.717) is 0 Å². The van der Waals surface area contributed by atoms with Crippen molar-refractivity contribution in [3.63, 3.8) is 0 Å². The molecule has 3 heterocycles. The second kappa shape index (κ2) is 9.33. The first-order valence-corrected chi connectivity index (χ1v) is 11.8. The van der Waals surface area contributed by atoms with Crippen LogP contribution in [0.1, 0.15) is 0 Å². The smallest absolute Gasteiger partial charge is 0.337 e. The van der Waals surface area contributed by atoms with Crippen molar-refractivity contribution < 1.29 is 0 Å². The second-order valence-corrected chi connectivity index (χ2v) is 9.26. The molecule has 1 aliphatic rings. The molecule has 35 heavy (non-hydrogen) atoms. The Morgan fingerprint density at radius 3 is 2.23 bits per heavy atom. The fourth-order valence-electron chi connectivity index (χ4n) is 4.14. The van der Waals surface area contributed by atoms with Gasteiger partial charge < -0.3 is 15.1 Å². The quantitative estimate of drug-likeness (QED) is 0.449. The van der Waals surface area contributed by atoms with Crippen LogP contribution in [0.15, 0.2) is 58.3 Å². The number of anilines is 3. The number of aromatic nitrogens is 4. The van der Waals surface area contributed by atoms with Crippen LogP contribution in [0.5, 0.6) is 0 Å². The maximum absolute atomic E-state index is 13.2. The molecule has 0 saturated carbocycles. The molecule has 0 aliphatic carbocycles. The molecule has 180 valence electrons. The number of benzene rings is 2. The number of rotatable bonds is 4. The van der Waals surface area contributed by atoms with Gasteiger partial charge in [-0.05, 0) is 43.4 Å². The fraction of sp³-hybridized carbons (Fsp3) is 0.250. The van der Waals surface area contributed by atoms with E-state index in [4.69, 9.17) is 23.2 Å². The Hall–Kier alpha value is -3.40. The van der Waals surface area contributed by atoms with Crippen LogP contribution in [-0.2, 0) is 7.05 Å². The summed E-state index contributed by atoms with van der Waals surface area (Å²) in [5.74, 6) is 0.271. The van der Waals surface area contributed by atoms with E-state index in [1.807, 2.05) is 12.1 Å². The van der Waals surface area contributed by atoms with Crippen LogP contribution in [0, 0.1) is 0 Å². The van der Waals surface area contributed by atoms with Crippen molar-refractivity contribution in [3.05, 3.63) is 79.5 Å². The van der Waals surface area contributed by atoms with Gasteiger partial charge in [0.05, 0.1) is 15.7 Å². The van der Waals surface area contributed by atoms with Gasteiger partial charge in [0, 0.05) is 50.8 Å². The second-order valence-electron chi connectivity index (χ2n) is 8.45. The minimum Gasteiger partial charge on any atom is -0.369 e. The number of hydrogen-bond acceptors (Lipinski definition) is 7. The molecule has 5 rings (SSSR count). The number of para-hydroxylation sites is 1. The number of piperazine rings is 1. The lowest BCUT2D eigenvalue weighted by molar-refractivity contribution is 0.313. The normalized spacial score (nSPS) is 14.5. The molecule has 1 saturated heterocycles. The largest absolute Gasteiger partial charge is 0.369 e. The van der Waals surface area contributed by atoms with Crippen molar-refractivity contribution in [2.24, 2.45) is 7.05 Å². The minimum atomic E-state index is -0.612. The summed E-state index contributed by atoms with van der Waals surface area (Å²) in [6, 6.07) is 12.8. The number of fused-ring (bicyclic) bond motifs is 1. The Morgan fingerprint density at radius 2 is 1.57 bits per heavy atom. The number of aryl methyl sites for hydroxylation is 1. The van der Waals surface area contributed by atoms with Crippen molar-refractivity contribution in [2.45, 2.75) is 0 Å². The van der Waals surface area contributed by atoms with Crippen LogP contribution in [-0.4, -0.2) is 57.2 Å². The lowest BCUT2D eigenvalue weighted by atomic mass is 10.2. The van der Waals surface area contributed by atoms with Crippen molar-refractivity contribution in [2.75, 3.05) is 43.4 Å². The molecule has 0 unspecified atom stereocenters. The predicted octanol–water partition coefficient (Wildman–Crippen LogP) is 3.28. The van der Waals surface area contributed by atoms with Crippen molar-refractivity contribution in [1.29, 1.82) is 0 Å². The van der Waals surface area contributed by atoms with Crippen molar-refractivity contribution >= 4 is 51.6 Å². The monoisotopic (exact) mass is 511 g/mol. The van der Waals surface area contributed by atoms with Crippen LogP contribution < -0.4 is 21.5 Å². The Kier molecular flexibility index (Phi) is 6.22. The molecule has 0 radical (unpaired) electrons. The zero-order valence-electron chi connectivity index (χ0n) is 19.2. The molecule has 0 amide bonds. The third-order valence-corrected chi connectivity index (χ3v) is 6.76. The third-order valence-electron chi connectivity index (χ3n) is 6.15. The summed E-state index contributed by atoms with van der Waals surface area (Å²) >= 11 is 12.5. The van der Waals surface area contributed by atoms with Gasteiger partial charge in [-0.1, -0.05) is 29.3 Å². The van der Waals surface area contributed by atoms with Crippen LogP contribution >= 0.6 is 23.2 Å². The SMILES string of the molecule is CN1CCN(c2ccc(Nc3ncc4c(=O)n(-c5c(Cl)cccc5Cl)c(=O)n(C)c4n3)cc2)CC1. The highest BCUT2D eigenvalue weighted by molar-refractivity contribution is 6.37. The van der Waals surface area contributed by atoms with E-state index in [0.717, 1.165) is 42.1 Å². The van der Waals surface area contributed by atoms with Gasteiger partial charge in [-0.15, -0.1) is 0 Å². The van der Waals surface area contributed by atoms with Gasteiger partial charge in [0.25, 0.3) is 5.56 Å². The van der Waals surface area contributed by atoms with E-state index < -0.39 is 11.2 Å². The number of halogens is 2. The average Bonchev–Trinajstić information content (AvgIpc) is 2.85. The number of hydrogen-bond donors (Lipinski definition) is 1. The summed E-state index contributed by atoms with van der Waals surface area (Å²) in [5, 5.41) is 3.69. The molecule has 1 N–H and O–H groups in total. The summed E-state index contributed by atoms with van der Waals surface area (Å²) in [6.45, 7) is 4.05. The molecule has 4 aromatic rings. The number of nitrogens with one attached hydrogen (secondary N) is 1. The molecule has 9 nitrogen and oxygen atoms in total. The van der Waals surface area contributed by atoms with Crippen molar-refractivity contribution in [1.82, 2.24) is 24.0 Å². The van der Waals surface area contributed by atoms with E-state index in [1.165, 1.54) is 17.8 Å². The molecular formula is C24H23Cl2N7O2. The molecule has 1 fully saturated rings. The summed E-state index contributed by atoms with van der Waals surface area (Å²) in [4.78, 5) is 39.7. The van der Waals surface area contributed by atoms with E-state index in [1.54, 1.807) is 18.2 Å². The van der Waals surface area contributed by atoms with Gasteiger partial charge in [0.2, 0.25) is 5.95 Å². The highest BCUT2D eigenvalue weighted by Gasteiger charge is 2.19. The van der Waals surface area contributed by atoms with Crippen LogP contribution in [0.2, 0.25) is 10.0 Å². The minimum absolute atomic E-state index is 0.131. The van der Waals surface area contributed by atoms with E-state index in [9.17, 15) is 9.59 Å². The molecule has 11 heteroatoms. The maximum atomic E-state index is 13.2. The molecule has 0 spiro atoms. The van der Waals surface area contributed by atoms with Crippen molar-refractivity contribution in [3.8, 4) is 5.69 Å². The zero-order chi connectivity index (χ0) is 24.7. The number of nitrogens with zero attached hydrogens (tertiary/aromatic N) is 6. The number of likely N-dealkylation sites (N-methyl/N-ethyl adjacent to an activating group) is 1. The first-order chi connectivity index (χ1) is 16.8. The lowest BCUT2D eigenvalue weighted by Gasteiger charge is -2.34. The summed E-state index contributed by atoms with van der Waals surface area (Å²) in [6.07, 6.45) is 1.40. The summed E-state index contributed by atoms with van der Waals surface area (Å²) in [7, 11) is 3.66. The standard InChI is InChI=1S/C24H23Cl2N7O2/c1-30-10-12-32(13-11-30)16-8-6-15(7-9-16)28-23-27-14-17-21(29-23)31(2)24(35)33(22(17)34)20-18(25)4-3-5-19(20)26/h3-9,14H,10-13H2,1-2H3,(H,27,28,29). The van der Waals surface area contributed by atoms with E-state index in [-0.39, 0.29) is 32.7 Å². The predicted molar refractivity (Wildman–Crippen MR) is 140 cm³/mol. The molecule has 0 atom stereocenters. The summed E-state index contributed by atoms with van der Waals surface area (Å²) in [5.41, 5.74) is 1.07. The van der Waals surface area contributed by atoms with Gasteiger partial charge in [0.1, 0.15) is 5.39 Å². The molecule has 2 aromatic carbocycles. The van der Waals surface area contributed by atoms with Gasteiger partial charge in [-0.25, -0.2) is 14.3 Å². The van der Waals surface area contributed by atoms with E-state index in [2.05, 4.69) is 44.3 Å². The Labute approximate surface area is 211 Å². The summed E-state index contributed by atoms with van der Waals surface area (Å²) < 4.78 is 2.22. The third kappa shape index (κ3) is 4.38. The van der Waals surface area contributed by atoms with Crippen LogP contribution in [0.25, 0.3) is 16.7 Å². The first kappa shape index (κ1) is 23.3. The van der Waals surface area contributed by atoms with Crippen LogP contribution in [0.4, 0.5) is 17.3 Å². The van der Waals surface area contributed by atoms with Gasteiger partial charge in [0.15, 0.2) is 5.65 Å². The highest BCUT2D eigenvalue weighted by atomic mass is 35.5. The highest BCUT2D eigenvalue weighted by Crippen LogP contribution is 2.27. The average molecular weight is 512 g/mol. The lowest BCUT2D eigenvalue weighted by Crippen LogP contribution is -2.44. The van der Waals surface area contributed by atoms with Gasteiger partial charge >= 0.3 is 5.69 Å².